The lowest BCUT2D eigenvalue weighted by Gasteiger charge is -2.29. The van der Waals surface area contributed by atoms with Gasteiger partial charge in [-0.05, 0) is 38.0 Å². The first-order chi connectivity index (χ1) is 16.5. The smallest absolute Gasteiger partial charge is 0.295 e. The number of Topliss-reactive ketones (excluding diaryl/α,β-unsaturated/α-hetero) is 1. The molecule has 0 radical (unpaired) electrons. The summed E-state index contributed by atoms with van der Waals surface area (Å²) < 4.78 is 11.2. The Bertz CT molecular complexity index is 1030. The number of hydrogen-bond donors (Lipinski definition) is 1. The minimum absolute atomic E-state index is 0.0368. The molecule has 2 saturated heterocycles. The number of rotatable bonds is 8. The fourth-order valence-corrected chi connectivity index (χ4v) is 4.50. The summed E-state index contributed by atoms with van der Waals surface area (Å²) in [6.07, 6.45) is 0.762. The van der Waals surface area contributed by atoms with Gasteiger partial charge in [0.2, 0.25) is 0 Å². The molecule has 180 valence electrons. The van der Waals surface area contributed by atoms with Crippen molar-refractivity contribution in [1.29, 1.82) is 0 Å². The van der Waals surface area contributed by atoms with Crippen LogP contribution in [0.15, 0.2) is 60.2 Å². The first-order valence-electron chi connectivity index (χ1n) is 11.9. The number of benzene rings is 2. The lowest BCUT2D eigenvalue weighted by atomic mass is 9.95. The van der Waals surface area contributed by atoms with Crippen LogP contribution in [0.5, 0.6) is 5.75 Å². The molecule has 1 N–H and O–H groups in total. The van der Waals surface area contributed by atoms with Crippen LogP contribution < -0.4 is 4.74 Å². The van der Waals surface area contributed by atoms with Crippen LogP contribution in [0.1, 0.15) is 37.4 Å². The van der Waals surface area contributed by atoms with Gasteiger partial charge in [-0.25, -0.2) is 0 Å². The molecule has 0 spiro atoms. The number of amides is 1. The number of likely N-dealkylation sites (tertiary alicyclic amines) is 1. The maximum atomic E-state index is 13.1. The van der Waals surface area contributed by atoms with Crippen molar-refractivity contribution in [1.82, 2.24) is 9.80 Å². The van der Waals surface area contributed by atoms with E-state index in [-0.39, 0.29) is 17.4 Å². The van der Waals surface area contributed by atoms with Gasteiger partial charge in [0.05, 0.1) is 30.9 Å². The van der Waals surface area contributed by atoms with Gasteiger partial charge in [0.15, 0.2) is 0 Å². The first kappa shape index (κ1) is 24.0. The summed E-state index contributed by atoms with van der Waals surface area (Å²) in [6, 6.07) is 15.6. The highest BCUT2D eigenvalue weighted by atomic mass is 16.5. The molecule has 2 fully saturated rings. The topological polar surface area (TPSA) is 79.3 Å². The van der Waals surface area contributed by atoms with Gasteiger partial charge < -0.3 is 19.5 Å². The van der Waals surface area contributed by atoms with Gasteiger partial charge >= 0.3 is 0 Å². The van der Waals surface area contributed by atoms with Crippen LogP contribution in [0.25, 0.3) is 5.76 Å². The monoisotopic (exact) mass is 464 g/mol. The van der Waals surface area contributed by atoms with Crippen LogP contribution in [0.2, 0.25) is 0 Å². The molecule has 0 unspecified atom stereocenters. The summed E-state index contributed by atoms with van der Waals surface area (Å²) in [5.41, 5.74) is 1.40. The second-order valence-electron chi connectivity index (χ2n) is 8.90. The Morgan fingerprint density at radius 2 is 1.71 bits per heavy atom. The molecule has 2 aromatic rings. The average molecular weight is 465 g/mol. The van der Waals surface area contributed by atoms with Crippen molar-refractivity contribution in [2.24, 2.45) is 0 Å². The van der Waals surface area contributed by atoms with E-state index < -0.39 is 17.7 Å². The largest absolute Gasteiger partial charge is 0.507 e. The second kappa shape index (κ2) is 10.8. The summed E-state index contributed by atoms with van der Waals surface area (Å²) in [6.45, 7) is 8.32. The molecule has 0 aliphatic carbocycles. The van der Waals surface area contributed by atoms with Crippen molar-refractivity contribution in [2.45, 2.75) is 32.4 Å². The first-order valence-corrected chi connectivity index (χ1v) is 11.9. The predicted molar refractivity (Wildman–Crippen MR) is 130 cm³/mol. The van der Waals surface area contributed by atoms with Crippen LogP contribution in [0, 0.1) is 0 Å². The van der Waals surface area contributed by atoms with Crippen LogP contribution in [0.4, 0.5) is 0 Å². The van der Waals surface area contributed by atoms with Crippen molar-refractivity contribution in [3.63, 3.8) is 0 Å². The second-order valence-corrected chi connectivity index (χ2v) is 8.90. The van der Waals surface area contributed by atoms with E-state index in [1.165, 1.54) is 0 Å². The normalized spacial score (nSPS) is 20.8. The highest BCUT2D eigenvalue weighted by Gasteiger charge is 2.45. The van der Waals surface area contributed by atoms with E-state index >= 15 is 0 Å². The molecule has 2 aromatic carbocycles. The molecule has 0 aromatic heterocycles. The molecular weight excluding hydrogens is 432 g/mol. The summed E-state index contributed by atoms with van der Waals surface area (Å²) in [5.74, 6) is -0.666. The Hall–Kier alpha value is -3.16. The minimum atomic E-state index is -0.655. The zero-order valence-corrected chi connectivity index (χ0v) is 19.8. The SMILES string of the molecule is CC(C)Oc1ccc([C@@H]2C(=C(O)c3ccccc3)C(=O)C(=O)N2CCCN2CCOCC2)cc1. The van der Waals surface area contributed by atoms with Crippen LogP contribution in [-0.4, -0.2) is 72.1 Å². The number of carbonyl (C=O) groups is 2. The summed E-state index contributed by atoms with van der Waals surface area (Å²) >= 11 is 0. The third-order valence-corrected chi connectivity index (χ3v) is 6.13. The number of ketones is 1. The highest BCUT2D eigenvalue weighted by molar-refractivity contribution is 6.46. The maximum Gasteiger partial charge on any atom is 0.295 e. The van der Waals surface area contributed by atoms with Crippen molar-refractivity contribution < 1.29 is 24.2 Å². The lowest BCUT2D eigenvalue weighted by molar-refractivity contribution is -0.140. The number of morpholine rings is 1. The highest BCUT2D eigenvalue weighted by Crippen LogP contribution is 2.39. The number of aliphatic hydroxyl groups is 1. The number of ether oxygens (including phenoxy) is 2. The molecule has 2 aliphatic rings. The van der Waals surface area contributed by atoms with Gasteiger partial charge in [0.25, 0.3) is 11.7 Å². The molecule has 7 nitrogen and oxygen atoms in total. The number of carbonyl (C=O) groups excluding carboxylic acids is 2. The van der Waals surface area contributed by atoms with Crippen molar-refractivity contribution >= 4 is 17.4 Å². The zero-order chi connectivity index (χ0) is 24.1. The molecule has 1 atom stereocenters. The number of hydrogen-bond acceptors (Lipinski definition) is 6. The van der Waals surface area contributed by atoms with E-state index in [1.807, 2.05) is 44.2 Å². The van der Waals surface area contributed by atoms with Gasteiger partial charge in [-0.15, -0.1) is 0 Å². The Kier molecular flexibility index (Phi) is 7.65. The third-order valence-electron chi connectivity index (χ3n) is 6.13. The fraction of sp³-hybridized carbons (Fsp3) is 0.407. The van der Waals surface area contributed by atoms with Gasteiger partial charge in [0.1, 0.15) is 11.5 Å². The van der Waals surface area contributed by atoms with E-state index in [1.54, 1.807) is 29.2 Å². The molecule has 2 aliphatic heterocycles. The van der Waals surface area contributed by atoms with Gasteiger partial charge in [0, 0.05) is 31.7 Å². The zero-order valence-electron chi connectivity index (χ0n) is 19.8. The standard InChI is InChI=1S/C27H32N2O5/c1-19(2)34-22-11-9-20(10-12-22)24-23(25(30)21-7-4-3-5-8-21)26(31)27(32)29(24)14-6-13-28-15-17-33-18-16-28/h3-5,7-12,19,24,30H,6,13-18H2,1-2H3/t24-/m1/s1. The van der Waals surface area contributed by atoms with E-state index in [0.29, 0.717) is 31.1 Å². The van der Waals surface area contributed by atoms with Crippen LogP contribution in [-0.2, 0) is 14.3 Å². The fourth-order valence-electron chi connectivity index (χ4n) is 4.50. The average Bonchev–Trinajstić information content (AvgIpc) is 3.10. The molecule has 0 saturated carbocycles. The molecular formula is C27H32N2O5. The molecule has 2 heterocycles. The molecule has 1 amide bonds. The molecule has 7 heteroatoms. The molecule has 4 rings (SSSR count). The molecule has 34 heavy (non-hydrogen) atoms. The Balaban J connectivity index is 1.64. The summed E-state index contributed by atoms with van der Waals surface area (Å²) in [7, 11) is 0. The predicted octanol–water partition coefficient (Wildman–Crippen LogP) is 3.62. The van der Waals surface area contributed by atoms with E-state index in [9.17, 15) is 14.7 Å². The van der Waals surface area contributed by atoms with E-state index in [2.05, 4.69) is 4.90 Å². The molecule has 0 bridgehead atoms. The summed E-state index contributed by atoms with van der Waals surface area (Å²) in [5, 5.41) is 11.1. The van der Waals surface area contributed by atoms with Crippen molar-refractivity contribution in [3.05, 3.63) is 71.3 Å². The Labute approximate surface area is 200 Å². The Morgan fingerprint density at radius 3 is 2.35 bits per heavy atom. The quantitative estimate of drug-likeness (QED) is 0.365. The number of nitrogens with zero attached hydrogens (tertiary/aromatic N) is 2. The van der Waals surface area contributed by atoms with E-state index in [4.69, 9.17) is 9.47 Å². The Morgan fingerprint density at radius 1 is 1.03 bits per heavy atom. The third kappa shape index (κ3) is 5.32. The van der Waals surface area contributed by atoms with Gasteiger partial charge in [-0.1, -0.05) is 42.5 Å². The number of aliphatic hydroxyl groups excluding tert-OH is 1. The van der Waals surface area contributed by atoms with Crippen LogP contribution in [0.3, 0.4) is 0 Å². The van der Waals surface area contributed by atoms with Gasteiger partial charge in [-0.2, -0.15) is 0 Å². The van der Waals surface area contributed by atoms with Gasteiger partial charge in [-0.3, -0.25) is 14.5 Å². The van der Waals surface area contributed by atoms with Crippen molar-refractivity contribution in [3.8, 4) is 5.75 Å². The van der Waals surface area contributed by atoms with Crippen molar-refractivity contribution in [2.75, 3.05) is 39.4 Å². The lowest BCUT2D eigenvalue weighted by Crippen LogP contribution is -2.38. The maximum absolute atomic E-state index is 13.1. The van der Waals surface area contributed by atoms with E-state index in [0.717, 1.165) is 31.6 Å². The summed E-state index contributed by atoms with van der Waals surface area (Å²) in [4.78, 5) is 30.1. The minimum Gasteiger partial charge on any atom is -0.507 e. The van der Waals surface area contributed by atoms with Crippen LogP contribution >= 0.6 is 0 Å².